The standard InChI is InChI=1S/C20H26N4O/c1-3-24(16-18-12-8-5-9-13-18)19(25)15-23-20(21-2)22-14-17-10-6-4-7-11-17/h4-13H,3,14-16H2,1-2H3,(H2,21,22,23). The number of guanidine groups is 1. The van der Waals surface area contributed by atoms with Gasteiger partial charge >= 0.3 is 0 Å². The van der Waals surface area contributed by atoms with Crippen LogP contribution in [0.1, 0.15) is 18.1 Å². The fraction of sp³-hybridized carbons (Fsp3) is 0.300. The van der Waals surface area contributed by atoms with Crippen LogP contribution in [0.2, 0.25) is 0 Å². The maximum atomic E-state index is 12.5. The van der Waals surface area contributed by atoms with Crippen LogP contribution in [0.5, 0.6) is 0 Å². The molecule has 0 aliphatic heterocycles. The molecule has 0 fully saturated rings. The van der Waals surface area contributed by atoms with Crippen molar-refractivity contribution < 1.29 is 4.79 Å². The third-order valence-electron chi connectivity index (χ3n) is 3.88. The molecule has 0 unspecified atom stereocenters. The number of rotatable bonds is 7. The van der Waals surface area contributed by atoms with Crippen molar-refractivity contribution in [2.75, 3.05) is 20.1 Å². The Morgan fingerprint density at radius 3 is 2.12 bits per heavy atom. The van der Waals surface area contributed by atoms with Gasteiger partial charge in [-0.25, -0.2) is 0 Å². The molecule has 2 aromatic rings. The highest BCUT2D eigenvalue weighted by molar-refractivity contribution is 5.86. The van der Waals surface area contributed by atoms with Crippen molar-refractivity contribution in [3.8, 4) is 0 Å². The second-order valence-corrected chi connectivity index (χ2v) is 5.66. The van der Waals surface area contributed by atoms with E-state index in [-0.39, 0.29) is 12.5 Å². The van der Waals surface area contributed by atoms with Gasteiger partial charge in [0.25, 0.3) is 0 Å². The summed E-state index contributed by atoms with van der Waals surface area (Å²) in [6.07, 6.45) is 0. The summed E-state index contributed by atoms with van der Waals surface area (Å²) >= 11 is 0. The average Bonchev–Trinajstić information content (AvgIpc) is 2.67. The Kier molecular flexibility index (Phi) is 7.50. The lowest BCUT2D eigenvalue weighted by atomic mass is 10.2. The van der Waals surface area contributed by atoms with E-state index in [1.165, 1.54) is 0 Å². The summed E-state index contributed by atoms with van der Waals surface area (Å²) in [6.45, 7) is 4.16. The molecule has 0 aromatic heterocycles. The Morgan fingerprint density at radius 1 is 0.960 bits per heavy atom. The summed E-state index contributed by atoms with van der Waals surface area (Å²) < 4.78 is 0. The first-order valence-electron chi connectivity index (χ1n) is 8.53. The SMILES string of the molecule is CCN(Cc1ccccc1)C(=O)CNC(=NC)NCc1ccccc1. The maximum Gasteiger partial charge on any atom is 0.242 e. The Labute approximate surface area is 149 Å². The lowest BCUT2D eigenvalue weighted by Gasteiger charge is -2.22. The van der Waals surface area contributed by atoms with Crippen molar-refractivity contribution in [2.24, 2.45) is 4.99 Å². The topological polar surface area (TPSA) is 56.7 Å². The number of aliphatic imine (C=N–C) groups is 1. The molecule has 0 aliphatic carbocycles. The van der Waals surface area contributed by atoms with Crippen molar-refractivity contribution in [1.82, 2.24) is 15.5 Å². The van der Waals surface area contributed by atoms with Crippen LogP contribution >= 0.6 is 0 Å². The third kappa shape index (κ3) is 6.30. The van der Waals surface area contributed by atoms with Crippen LogP contribution in [0, 0.1) is 0 Å². The van der Waals surface area contributed by atoms with Gasteiger partial charge in [-0.3, -0.25) is 9.79 Å². The molecule has 132 valence electrons. The Hall–Kier alpha value is -2.82. The molecule has 2 rings (SSSR count). The van der Waals surface area contributed by atoms with E-state index in [0.29, 0.717) is 25.6 Å². The minimum Gasteiger partial charge on any atom is -0.352 e. The predicted molar refractivity (Wildman–Crippen MR) is 102 cm³/mol. The molecule has 1 amide bonds. The number of likely N-dealkylation sites (N-methyl/N-ethyl adjacent to an activating group) is 1. The second-order valence-electron chi connectivity index (χ2n) is 5.66. The first-order chi connectivity index (χ1) is 12.2. The van der Waals surface area contributed by atoms with Crippen LogP contribution < -0.4 is 10.6 Å². The molecule has 0 saturated carbocycles. The number of benzene rings is 2. The van der Waals surface area contributed by atoms with Crippen molar-refractivity contribution in [3.05, 3.63) is 71.8 Å². The van der Waals surface area contributed by atoms with Gasteiger partial charge < -0.3 is 15.5 Å². The molecular formula is C20H26N4O. The highest BCUT2D eigenvalue weighted by Crippen LogP contribution is 2.04. The van der Waals surface area contributed by atoms with Gasteiger partial charge in [-0.05, 0) is 18.1 Å². The van der Waals surface area contributed by atoms with Crippen LogP contribution in [0.15, 0.2) is 65.7 Å². The Morgan fingerprint density at radius 2 is 1.56 bits per heavy atom. The highest BCUT2D eigenvalue weighted by Gasteiger charge is 2.12. The summed E-state index contributed by atoms with van der Waals surface area (Å²) in [5, 5.41) is 6.30. The molecule has 0 radical (unpaired) electrons. The lowest BCUT2D eigenvalue weighted by Crippen LogP contribution is -2.44. The molecule has 2 N–H and O–H groups in total. The van der Waals surface area contributed by atoms with Gasteiger partial charge in [-0.1, -0.05) is 60.7 Å². The lowest BCUT2D eigenvalue weighted by molar-refractivity contribution is -0.130. The van der Waals surface area contributed by atoms with E-state index in [0.717, 1.165) is 11.1 Å². The maximum absolute atomic E-state index is 12.5. The van der Waals surface area contributed by atoms with Gasteiger partial charge in [0.2, 0.25) is 5.91 Å². The molecule has 0 saturated heterocycles. The van der Waals surface area contributed by atoms with Crippen molar-refractivity contribution >= 4 is 11.9 Å². The molecule has 5 heteroatoms. The van der Waals surface area contributed by atoms with E-state index >= 15 is 0 Å². The summed E-state index contributed by atoms with van der Waals surface area (Å²) in [6, 6.07) is 20.1. The zero-order chi connectivity index (χ0) is 17.9. The van der Waals surface area contributed by atoms with E-state index in [2.05, 4.69) is 15.6 Å². The fourth-order valence-electron chi connectivity index (χ4n) is 2.45. The first-order valence-corrected chi connectivity index (χ1v) is 8.53. The van der Waals surface area contributed by atoms with E-state index in [4.69, 9.17) is 0 Å². The number of carbonyl (C=O) groups is 1. The van der Waals surface area contributed by atoms with Gasteiger partial charge in [0.05, 0.1) is 6.54 Å². The largest absolute Gasteiger partial charge is 0.352 e. The molecule has 5 nitrogen and oxygen atoms in total. The first kappa shape index (κ1) is 18.5. The van der Waals surface area contributed by atoms with Crippen LogP contribution in [0.4, 0.5) is 0 Å². The zero-order valence-corrected chi connectivity index (χ0v) is 14.9. The van der Waals surface area contributed by atoms with E-state index in [1.807, 2.05) is 72.5 Å². The summed E-state index contributed by atoms with van der Waals surface area (Å²) in [4.78, 5) is 18.4. The van der Waals surface area contributed by atoms with Crippen molar-refractivity contribution in [2.45, 2.75) is 20.0 Å². The highest BCUT2D eigenvalue weighted by atomic mass is 16.2. The average molecular weight is 338 g/mol. The van der Waals surface area contributed by atoms with Crippen molar-refractivity contribution in [3.63, 3.8) is 0 Å². The van der Waals surface area contributed by atoms with E-state index < -0.39 is 0 Å². The molecule has 0 heterocycles. The Balaban J connectivity index is 1.81. The number of nitrogens with zero attached hydrogens (tertiary/aromatic N) is 2. The minimum absolute atomic E-state index is 0.0500. The summed E-state index contributed by atoms with van der Waals surface area (Å²) in [5.41, 5.74) is 2.29. The molecule has 2 aromatic carbocycles. The number of hydrogen-bond donors (Lipinski definition) is 2. The van der Waals surface area contributed by atoms with Gasteiger partial charge in [0.15, 0.2) is 5.96 Å². The molecular weight excluding hydrogens is 312 g/mol. The van der Waals surface area contributed by atoms with Gasteiger partial charge in [-0.2, -0.15) is 0 Å². The van der Waals surface area contributed by atoms with E-state index in [9.17, 15) is 4.79 Å². The zero-order valence-electron chi connectivity index (χ0n) is 14.9. The summed E-state index contributed by atoms with van der Waals surface area (Å²) in [5.74, 6) is 0.669. The second kappa shape index (κ2) is 10.1. The van der Waals surface area contributed by atoms with Crippen molar-refractivity contribution in [1.29, 1.82) is 0 Å². The number of hydrogen-bond acceptors (Lipinski definition) is 2. The Bertz CT molecular complexity index is 671. The smallest absolute Gasteiger partial charge is 0.242 e. The third-order valence-corrected chi connectivity index (χ3v) is 3.88. The number of nitrogens with one attached hydrogen (secondary N) is 2. The number of carbonyl (C=O) groups excluding carboxylic acids is 1. The quantitative estimate of drug-likeness (QED) is 0.602. The normalized spacial score (nSPS) is 11.0. The minimum atomic E-state index is 0.0500. The summed E-state index contributed by atoms with van der Waals surface area (Å²) in [7, 11) is 1.70. The predicted octanol–water partition coefficient (Wildman–Crippen LogP) is 2.40. The molecule has 0 aliphatic rings. The molecule has 25 heavy (non-hydrogen) atoms. The van der Waals surface area contributed by atoms with Crippen LogP contribution in [0.3, 0.4) is 0 Å². The fourth-order valence-corrected chi connectivity index (χ4v) is 2.45. The van der Waals surface area contributed by atoms with Crippen LogP contribution in [-0.2, 0) is 17.9 Å². The van der Waals surface area contributed by atoms with Crippen LogP contribution in [-0.4, -0.2) is 36.9 Å². The van der Waals surface area contributed by atoms with Gasteiger partial charge in [0.1, 0.15) is 0 Å². The van der Waals surface area contributed by atoms with Crippen LogP contribution in [0.25, 0.3) is 0 Å². The number of amides is 1. The van der Waals surface area contributed by atoms with E-state index in [1.54, 1.807) is 7.05 Å². The van der Waals surface area contributed by atoms with Gasteiger partial charge in [-0.15, -0.1) is 0 Å². The molecule has 0 bridgehead atoms. The van der Waals surface area contributed by atoms with Gasteiger partial charge in [0, 0.05) is 26.7 Å². The monoisotopic (exact) mass is 338 g/mol. The molecule has 0 spiro atoms. The molecule has 0 atom stereocenters.